The summed E-state index contributed by atoms with van der Waals surface area (Å²) >= 11 is 5.31. The lowest BCUT2D eigenvalue weighted by Gasteiger charge is -2.30. The second kappa shape index (κ2) is 5.61. The molecule has 2 aliphatic rings. The molecule has 1 N–H and O–H groups in total. The lowest BCUT2D eigenvalue weighted by Crippen LogP contribution is -2.48. The van der Waals surface area contributed by atoms with Crippen LogP contribution in [0.15, 0.2) is 59.1 Å². The topological polar surface area (TPSA) is 26.5 Å². The molecule has 0 saturated carbocycles. The van der Waals surface area contributed by atoms with Gasteiger partial charge in [-0.15, -0.1) is 0 Å². The summed E-state index contributed by atoms with van der Waals surface area (Å²) in [6.45, 7) is 5.05. The third kappa shape index (κ3) is 2.41. The summed E-state index contributed by atoms with van der Waals surface area (Å²) in [4.78, 5) is 2.09. The normalized spacial score (nSPS) is 25.2. The van der Waals surface area contributed by atoms with E-state index in [-0.39, 0.29) is 5.54 Å². The van der Waals surface area contributed by atoms with Gasteiger partial charge in [0.1, 0.15) is 11.2 Å². The highest BCUT2D eigenvalue weighted by molar-refractivity contribution is 9.10. The summed E-state index contributed by atoms with van der Waals surface area (Å²) in [6, 6.07) is 18.1. The lowest BCUT2D eigenvalue weighted by atomic mass is 9.99. The third-order valence-corrected chi connectivity index (χ3v) is 6.82. The first kappa shape index (κ1) is 16.2. The number of benzene rings is 2. The van der Waals surface area contributed by atoms with E-state index in [1.807, 2.05) is 54.2 Å². The van der Waals surface area contributed by atoms with Gasteiger partial charge >= 0.3 is 5.17 Å². The maximum absolute atomic E-state index is 11.7. The zero-order chi connectivity index (χ0) is 16.9. The number of β-amino-alcohol motifs (C(OH)–C–C–N with tert-alkyl or cyclic N) is 1. The Hall–Kier alpha value is -1.30. The summed E-state index contributed by atoms with van der Waals surface area (Å²) in [5.74, 6) is 1.03. The van der Waals surface area contributed by atoms with Gasteiger partial charge in [0, 0.05) is 15.8 Å². The van der Waals surface area contributed by atoms with Crippen molar-refractivity contribution < 1.29 is 9.68 Å². The molecule has 2 aliphatic heterocycles. The number of anilines is 1. The highest BCUT2D eigenvalue weighted by Gasteiger charge is 2.60. The Bertz CT molecular complexity index is 804. The molecule has 2 aromatic rings. The van der Waals surface area contributed by atoms with Gasteiger partial charge in [-0.2, -0.15) is 4.90 Å². The Morgan fingerprint density at radius 2 is 1.75 bits per heavy atom. The Morgan fingerprint density at radius 1 is 1.08 bits per heavy atom. The number of nitrogens with zero attached hydrogens (tertiary/aromatic N) is 2. The van der Waals surface area contributed by atoms with Crippen molar-refractivity contribution in [1.82, 2.24) is 0 Å². The zero-order valence-electron chi connectivity index (χ0n) is 13.7. The maximum atomic E-state index is 11.7. The van der Waals surface area contributed by atoms with E-state index < -0.39 is 5.72 Å². The molecule has 0 unspecified atom stereocenters. The summed E-state index contributed by atoms with van der Waals surface area (Å²) in [7, 11) is 0. The van der Waals surface area contributed by atoms with Crippen LogP contribution in [0.1, 0.15) is 19.4 Å². The number of thioether (sulfide) groups is 1. The SMILES string of the molecule is CC1(C)CSC2=[N+]1C[C@](O)(c1ccc(Br)cc1)N2c1ccccc1. The number of para-hydroxylation sites is 1. The van der Waals surface area contributed by atoms with Crippen molar-refractivity contribution in [2.75, 3.05) is 17.2 Å². The molecule has 0 aliphatic carbocycles. The predicted molar refractivity (Wildman–Crippen MR) is 104 cm³/mol. The van der Waals surface area contributed by atoms with E-state index in [1.54, 1.807) is 0 Å². The van der Waals surface area contributed by atoms with Crippen LogP contribution < -0.4 is 4.90 Å². The van der Waals surface area contributed by atoms with Crippen LogP contribution in [0.2, 0.25) is 0 Å². The number of hydrogen-bond donors (Lipinski definition) is 1. The van der Waals surface area contributed by atoms with Crippen molar-refractivity contribution in [1.29, 1.82) is 0 Å². The lowest BCUT2D eigenvalue weighted by molar-refractivity contribution is -0.594. The summed E-state index contributed by atoms with van der Waals surface area (Å²) < 4.78 is 3.36. The zero-order valence-corrected chi connectivity index (χ0v) is 16.1. The Morgan fingerprint density at radius 3 is 2.42 bits per heavy atom. The third-order valence-electron chi connectivity index (χ3n) is 4.78. The van der Waals surface area contributed by atoms with Gasteiger partial charge in [0.25, 0.3) is 5.72 Å². The fourth-order valence-corrected chi connectivity index (χ4v) is 5.17. The van der Waals surface area contributed by atoms with Crippen molar-refractivity contribution in [3.05, 3.63) is 64.6 Å². The van der Waals surface area contributed by atoms with Gasteiger partial charge < -0.3 is 5.11 Å². The molecule has 2 heterocycles. The van der Waals surface area contributed by atoms with E-state index in [9.17, 15) is 5.11 Å². The smallest absolute Gasteiger partial charge is 0.317 e. The minimum absolute atomic E-state index is 0.0346. The minimum atomic E-state index is -1.07. The highest BCUT2D eigenvalue weighted by atomic mass is 79.9. The van der Waals surface area contributed by atoms with Gasteiger partial charge in [0.15, 0.2) is 6.54 Å². The average molecular weight is 404 g/mol. The molecule has 5 heteroatoms. The van der Waals surface area contributed by atoms with Gasteiger partial charge in [-0.25, -0.2) is 4.58 Å². The molecule has 3 nitrogen and oxygen atoms in total. The van der Waals surface area contributed by atoms with Gasteiger partial charge in [-0.1, -0.05) is 46.3 Å². The van der Waals surface area contributed by atoms with Crippen LogP contribution in [0.3, 0.4) is 0 Å². The molecule has 0 spiro atoms. The van der Waals surface area contributed by atoms with Crippen molar-refractivity contribution >= 4 is 38.5 Å². The minimum Gasteiger partial charge on any atom is -0.346 e. The fraction of sp³-hybridized carbons (Fsp3) is 0.316. The van der Waals surface area contributed by atoms with Crippen molar-refractivity contribution in [3.8, 4) is 0 Å². The van der Waals surface area contributed by atoms with Gasteiger partial charge in [-0.05, 0) is 49.9 Å². The Labute approximate surface area is 155 Å². The van der Waals surface area contributed by atoms with Gasteiger partial charge in [-0.3, -0.25) is 0 Å². The molecule has 0 fully saturated rings. The molecule has 4 rings (SSSR count). The van der Waals surface area contributed by atoms with Crippen LogP contribution >= 0.6 is 27.7 Å². The number of halogens is 1. The molecular formula is C19H20BrN2OS+. The average Bonchev–Trinajstić information content (AvgIpc) is 3.03. The van der Waals surface area contributed by atoms with Crippen LogP contribution in [-0.2, 0) is 5.72 Å². The van der Waals surface area contributed by atoms with Gasteiger partial charge in [0.2, 0.25) is 0 Å². The summed E-state index contributed by atoms with van der Waals surface area (Å²) in [6.07, 6.45) is 0. The molecule has 0 saturated heterocycles. The molecule has 0 amide bonds. The molecule has 1 atom stereocenters. The van der Waals surface area contributed by atoms with E-state index in [0.29, 0.717) is 6.54 Å². The summed E-state index contributed by atoms with van der Waals surface area (Å²) in [5.41, 5.74) is 0.896. The molecule has 0 bridgehead atoms. The fourth-order valence-electron chi connectivity index (χ4n) is 3.41. The molecular weight excluding hydrogens is 384 g/mol. The largest absolute Gasteiger partial charge is 0.346 e. The second-order valence-electron chi connectivity index (χ2n) is 6.96. The van der Waals surface area contributed by atoms with Crippen LogP contribution in [0.25, 0.3) is 0 Å². The van der Waals surface area contributed by atoms with E-state index in [4.69, 9.17) is 0 Å². The number of aliphatic hydroxyl groups is 1. The molecule has 2 aromatic carbocycles. The maximum Gasteiger partial charge on any atom is 0.317 e. The molecule has 0 radical (unpaired) electrons. The second-order valence-corrected chi connectivity index (χ2v) is 8.82. The van der Waals surface area contributed by atoms with Crippen molar-refractivity contribution in [2.24, 2.45) is 0 Å². The highest BCUT2D eigenvalue weighted by Crippen LogP contribution is 2.44. The van der Waals surface area contributed by atoms with Crippen molar-refractivity contribution in [2.45, 2.75) is 25.1 Å². The molecule has 0 aromatic heterocycles. The standard InChI is InChI=1S/C19H20BrN2OS/c1-18(2)13-24-17-21(18)12-19(23,14-8-10-15(20)11-9-14)22(17)16-6-4-3-5-7-16/h3-11,23H,12-13H2,1-2H3/q+1/t19-/m0/s1. The van der Waals surface area contributed by atoms with E-state index in [2.05, 4.69) is 51.4 Å². The van der Waals surface area contributed by atoms with E-state index in [1.165, 1.54) is 0 Å². The number of hydrogen-bond acceptors (Lipinski definition) is 3. The van der Waals surface area contributed by atoms with Crippen LogP contribution in [0.5, 0.6) is 0 Å². The first-order chi connectivity index (χ1) is 11.4. The van der Waals surface area contributed by atoms with Gasteiger partial charge in [0.05, 0.1) is 0 Å². The number of amidine groups is 1. The Balaban J connectivity index is 1.87. The molecule has 124 valence electrons. The molecule has 24 heavy (non-hydrogen) atoms. The van der Waals surface area contributed by atoms with E-state index in [0.717, 1.165) is 26.6 Å². The Kier molecular flexibility index (Phi) is 3.79. The first-order valence-corrected chi connectivity index (χ1v) is 9.81. The van der Waals surface area contributed by atoms with Crippen molar-refractivity contribution in [3.63, 3.8) is 0 Å². The van der Waals surface area contributed by atoms with Crippen LogP contribution in [-0.4, -0.2) is 32.7 Å². The van der Waals surface area contributed by atoms with Crippen LogP contribution in [0, 0.1) is 0 Å². The quantitative estimate of drug-likeness (QED) is 0.767. The van der Waals surface area contributed by atoms with Crippen LogP contribution in [0.4, 0.5) is 5.69 Å². The number of rotatable bonds is 2. The van der Waals surface area contributed by atoms with E-state index >= 15 is 0 Å². The predicted octanol–water partition coefficient (Wildman–Crippen LogP) is 4.01. The monoisotopic (exact) mass is 403 g/mol. The summed E-state index contributed by atoms with van der Waals surface area (Å²) in [5, 5.41) is 12.9. The first-order valence-electron chi connectivity index (χ1n) is 8.03.